The number of rotatable bonds is 10. The van der Waals surface area contributed by atoms with Crippen LogP contribution in [0.5, 0.6) is 0 Å². The average Bonchev–Trinajstić information content (AvgIpc) is 2.59. The molecule has 2 N–H and O–H groups in total. The Hall–Kier alpha value is -2.32. The molecule has 0 amide bonds. The Balaban J connectivity index is 1.92. The average molecular weight is 349 g/mol. The number of hydrazine groups is 1. The van der Waals surface area contributed by atoms with Crippen molar-refractivity contribution in [1.29, 1.82) is 0 Å². The molecular formula is C24H32N2. The van der Waals surface area contributed by atoms with E-state index in [1.165, 1.54) is 22.3 Å². The zero-order valence-corrected chi connectivity index (χ0v) is 16.4. The molecule has 0 bridgehead atoms. The Morgan fingerprint density at radius 2 is 1.73 bits per heavy atom. The maximum Gasteiger partial charge on any atom is 0.0591 e. The number of hydrogen-bond acceptors (Lipinski definition) is 2. The third-order valence-corrected chi connectivity index (χ3v) is 4.63. The van der Waals surface area contributed by atoms with E-state index < -0.39 is 0 Å². The highest BCUT2D eigenvalue weighted by molar-refractivity contribution is 5.75. The van der Waals surface area contributed by atoms with Gasteiger partial charge in [-0.25, -0.2) is 5.43 Å². The fourth-order valence-corrected chi connectivity index (χ4v) is 3.33. The number of para-hydroxylation sites is 1. The van der Waals surface area contributed by atoms with Crippen LogP contribution in [0.25, 0.3) is 5.57 Å². The van der Waals surface area contributed by atoms with Crippen molar-refractivity contribution in [2.75, 3.05) is 12.0 Å². The highest BCUT2D eigenvalue weighted by atomic mass is 15.4. The van der Waals surface area contributed by atoms with E-state index in [0.29, 0.717) is 5.92 Å². The zero-order chi connectivity index (χ0) is 18.9. The topological polar surface area (TPSA) is 24.1 Å². The summed E-state index contributed by atoms with van der Waals surface area (Å²) in [5.74, 6) is 0.599. The molecule has 2 heteroatoms. The van der Waals surface area contributed by atoms with Gasteiger partial charge in [0.15, 0.2) is 0 Å². The van der Waals surface area contributed by atoms with Crippen molar-refractivity contribution in [1.82, 2.24) is 5.43 Å². The van der Waals surface area contributed by atoms with Gasteiger partial charge in [0.2, 0.25) is 0 Å². The summed E-state index contributed by atoms with van der Waals surface area (Å²) in [6.45, 7) is 15.4. The van der Waals surface area contributed by atoms with Crippen molar-refractivity contribution in [3.63, 3.8) is 0 Å². The fraction of sp³-hybridized carbons (Fsp3) is 0.333. The Bertz CT molecular complexity index is 731. The first-order valence-corrected chi connectivity index (χ1v) is 9.40. The first-order chi connectivity index (χ1) is 12.5. The predicted molar refractivity (Wildman–Crippen MR) is 115 cm³/mol. The highest BCUT2D eigenvalue weighted by Crippen LogP contribution is 2.25. The second-order valence-electron chi connectivity index (χ2n) is 7.34. The molecule has 26 heavy (non-hydrogen) atoms. The molecule has 2 rings (SSSR count). The van der Waals surface area contributed by atoms with Gasteiger partial charge in [0, 0.05) is 12.1 Å². The molecule has 138 valence electrons. The summed E-state index contributed by atoms with van der Waals surface area (Å²) < 4.78 is 0. The Morgan fingerprint density at radius 1 is 1.00 bits per heavy atom. The maximum atomic E-state index is 4.11. The molecule has 1 unspecified atom stereocenters. The van der Waals surface area contributed by atoms with Crippen LogP contribution in [0.2, 0.25) is 0 Å². The van der Waals surface area contributed by atoms with Crippen LogP contribution in [-0.4, -0.2) is 6.54 Å². The molecular weight excluding hydrogens is 316 g/mol. The number of anilines is 1. The monoisotopic (exact) mass is 348 g/mol. The molecule has 0 aliphatic heterocycles. The van der Waals surface area contributed by atoms with E-state index in [2.05, 4.69) is 86.4 Å². The molecule has 0 aliphatic rings. The minimum atomic E-state index is 0.599. The molecule has 0 aliphatic carbocycles. The van der Waals surface area contributed by atoms with Gasteiger partial charge >= 0.3 is 0 Å². The number of benzene rings is 2. The van der Waals surface area contributed by atoms with Crippen LogP contribution in [0.15, 0.2) is 67.3 Å². The lowest BCUT2D eigenvalue weighted by atomic mass is 9.91. The largest absolute Gasteiger partial charge is 0.321 e. The fourth-order valence-electron chi connectivity index (χ4n) is 3.33. The van der Waals surface area contributed by atoms with Gasteiger partial charge in [-0.1, -0.05) is 60.7 Å². The Labute approximate surface area is 159 Å². The quantitative estimate of drug-likeness (QED) is 0.305. The molecule has 2 aromatic rings. The SMILES string of the molecule is C=C(C)CC(CCNNc1c(C)cccc1C(=C)C)Cc1ccccc1. The number of aryl methyl sites for hydroxylation is 1. The molecule has 0 radical (unpaired) electrons. The summed E-state index contributed by atoms with van der Waals surface area (Å²) >= 11 is 0. The number of nitrogens with one attached hydrogen (secondary N) is 2. The van der Waals surface area contributed by atoms with Crippen molar-refractivity contribution >= 4 is 11.3 Å². The molecule has 0 saturated heterocycles. The summed E-state index contributed by atoms with van der Waals surface area (Å²) in [6.07, 6.45) is 3.26. The first kappa shape index (κ1) is 20.0. The standard InChI is InChI=1S/C24H32N2/c1-18(2)16-22(17-21-11-7-6-8-12-21)14-15-25-26-24-20(5)10-9-13-23(24)19(3)4/h6-13,22,25-26H,1,3,14-17H2,2,4-5H3. The molecule has 1 atom stereocenters. The summed E-state index contributed by atoms with van der Waals surface area (Å²) in [6, 6.07) is 17.0. The van der Waals surface area contributed by atoms with Crippen LogP contribution in [0.1, 0.15) is 43.4 Å². The lowest BCUT2D eigenvalue weighted by Gasteiger charge is -2.19. The van der Waals surface area contributed by atoms with E-state index >= 15 is 0 Å². The van der Waals surface area contributed by atoms with Crippen LogP contribution in [0.3, 0.4) is 0 Å². The van der Waals surface area contributed by atoms with Gasteiger partial charge in [0.1, 0.15) is 0 Å². The number of allylic oxidation sites excluding steroid dienone is 2. The third-order valence-electron chi connectivity index (χ3n) is 4.63. The van der Waals surface area contributed by atoms with Gasteiger partial charge < -0.3 is 5.43 Å². The van der Waals surface area contributed by atoms with Gasteiger partial charge in [-0.05, 0) is 62.7 Å². The summed E-state index contributed by atoms with van der Waals surface area (Å²) in [5, 5.41) is 0. The smallest absolute Gasteiger partial charge is 0.0591 e. The normalized spacial score (nSPS) is 11.8. The maximum absolute atomic E-state index is 4.11. The van der Waals surface area contributed by atoms with Crippen molar-refractivity contribution in [2.24, 2.45) is 5.92 Å². The first-order valence-electron chi connectivity index (χ1n) is 9.40. The summed E-state index contributed by atoms with van der Waals surface area (Å²) in [5.41, 5.74) is 14.0. The number of hydrogen-bond donors (Lipinski definition) is 2. The third kappa shape index (κ3) is 6.20. The lowest BCUT2D eigenvalue weighted by Crippen LogP contribution is -2.26. The molecule has 0 aromatic heterocycles. The van der Waals surface area contributed by atoms with Crippen molar-refractivity contribution in [3.8, 4) is 0 Å². The molecule has 0 saturated carbocycles. The molecule has 2 nitrogen and oxygen atoms in total. The molecule has 2 aromatic carbocycles. The highest BCUT2D eigenvalue weighted by Gasteiger charge is 2.11. The van der Waals surface area contributed by atoms with Crippen molar-refractivity contribution in [3.05, 3.63) is 84.0 Å². The molecule has 0 heterocycles. The van der Waals surface area contributed by atoms with E-state index in [-0.39, 0.29) is 0 Å². The van der Waals surface area contributed by atoms with Crippen molar-refractivity contribution < 1.29 is 0 Å². The van der Waals surface area contributed by atoms with Crippen LogP contribution < -0.4 is 10.9 Å². The molecule has 0 fully saturated rings. The van der Waals surface area contributed by atoms with E-state index in [1.54, 1.807) is 0 Å². The van der Waals surface area contributed by atoms with Gasteiger partial charge in [-0.15, -0.1) is 6.58 Å². The van der Waals surface area contributed by atoms with Crippen LogP contribution in [0, 0.1) is 12.8 Å². The zero-order valence-electron chi connectivity index (χ0n) is 16.4. The second-order valence-corrected chi connectivity index (χ2v) is 7.34. The van der Waals surface area contributed by atoms with E-state index in [9.17, 15) is 0 Å². The van der Waals surface area contributed by atoms with Crippen LogP contribution in [0.4, 0.5) is 5.69 Å². The van der Waals surface area contributed by atoms with Gasteiger partial charge in [-0.2, -0.15) is 0 Å². The predicted octanol–water partition coefficient (Wildman–Crippen LogP) is 6.16. The summed E-state index contributed by atoms with van der Waals surface area (Å²) in [7, 11) is 0. The minimum Gasteiger partial charge on any atom is -0.321 e. The Morgan fingerprint density at radius 3 is 2.38 bits per heavy atom. The van der Waals surface area contributed by atoms with E-state index in [1.807, 2.05) is 6.92 Å². The van der Waals surface area contributed by atoms with Gasteiger partial charge in [0.25, 0.3) is 0 Å². The van der Waals surface area contributed by atoms with E-state index in [0.717, 1.165) is 37.1 Å². The van der Waals surface area contributed by atoms with Crippen LogP contribution in [-0.2, 0) is 6.42 Å². The van der Waals surface area contributed by atoms with Gasteiger partial charge in [-0.3, -0.25) is 0 Å². The van der Waals surface area contributed by atoms with Crippen LogP contribution >= 0.6 is 0 Å². The Kier molecular flexibility index (Phi) is 7.68. The van der Waals surface area contributed by atoms with E-state index in [4.69, 9.17) is 0 Å². The minimum absolute atomic E-state index is 0.599. The van der Waals surface area contributed by atoms with Crippen molar-refractivity contribution in [2.45, 2.75) is 40.0 Å². The van der Waals surface area contributed by atoms with Gasteiger partial charge in [0.05, 0.1) is 5.69 Å². The summed E-state index contributed by atoms with van der Waals surface area (Å²) in [4.78, 5) is 0. The lowest BCUT2D eigenvalue weighted by molar-refractivity contribution is 0.468. The second kappa shape index (κ2) is 9.98. The molecule has 0 spiro atoms.